The van der Waals surface area contributed by atoms with Crippen molar-refractivity contribution in [2.45, 2.75) is 11.3 Å². The maximum Gasteiger partial charge on any atom is 0.198 e. The fourth-order valence-corrected chi connectivity index (χ4v) is 2.11. The molecule has 0 atom stereocenters. The van der Waals surface area contributed by atoms with Gasteiger partial charge in [-0.2, -0.15) is 0 Å². The van der Waals surface area contributed by atoms with Crippen LogP contribution in [0.5, 0.6) is 5.75 Å². The summed E-state index contributed by atoms with van der Waals surface area (Å²) in [6, 6.07) is 5.74. The number of thioether (sulfide) groups is 1. The normalized spacial score (nSPS) is 14.6. The van der Waals surface area contributed by atoms with Crippen LogP contribution < -0.4 is 4.74 Å². The van der Waals surface area contributed by atoms with Crippen molar-refractivity contribution in [2.24, 2.45) is 0 Å². The number of hydrogen-bond acceptors (Lipinski definition) is 3. The van der Waals surface area contributed by atoms with E-state index in [0.29, 0.717) is 6.42 Å². The largest absolute Gasteiger partial charge is 0.497 e. The fourth-order valence-electron chi connectivity index (χ4n) is 1.23. The third kappa shape index (κ3) is 1.20. The van der Waals surface area contributed by atoms with Crippen LogP contribution >= 0.6 is 11.8 Å². The topological polar surface area (TPSA) is 26.3 Å². The first-order valence-electron chi connectivity index (χ1n) is 3.67. The zero-order valence-corrected chi connectivity index (χ0v) is 7.48. The summed E-state index contributed by atoms with van der Waals surface area (Å²) in [4.78, 5) is 12.1. The van der Waals surface area contributed by atoms with Gasteiger partial charge in [0, 0.05) is 11.3 Å². The minimum atomic E-state index is 0.221. The fraction of sp³-hybridized carbons (Fsp3) is 0.222. The van der Waals surface area contributed by atoms with Gasteiger partial charge in [0.2, 0.25) is 0 Å². The quantitative estimate of drug-likeness (QED) is 0.660. The van der Waals surface area contributed by atoms with Gasteiger partial charge in [-0.05, 0) is 23.8 Å². The van der Waals surface area contributed by atoms with Crippen LogP contribution in [-0.2, 0) is 11.2 Å². The molecule has 0 saturated carbocycles. The maximum atomic E-state index is 11.0. The molecule has 0 fully saturated rings. The van der Waals surface area contributed by atoms with Crippen LogP contribution in [0.15, 0.2) is 23.1 Å². The van der Waals surface area contributed by atoms with E-state index in [-0.39, 0.29) is 5.12 Å². The predicted octanol–water partition coefficient (Wildman–Crippen LogP) is 1.87. The molecule has 2 nitrogen and oxygen atoms in total. The van der Waals surface area contributed by atoms with E-state index in [1.165, 1.54) is 11.8 Å². The molecule has 1 aromatic rings. The van der Waals surface area contributed by atoms with E-state index >= 15 is 0 Å². The summed E-state index contributed by atoms with van der Waals surface area (Å²) in [6.45, 7) is 0. The molecule has 1 heterocycles. The van der Waals surface area contributed by atoms with Crippen molar-refractivity contribution < 1.29 is 9.53 Å². The lowest BCUT2D eigenvalue weighted by Crippen LogP contribution is -1.88. The number of fused-ring (bicyclic) bond motifs is 1. The van der Waals surface area contributed by atoms with Gasteiger partial charge < -0.3 is 4.74 Å². The first-order chi connectivity index (χ1) is 5.79. The predicted molar refractivity (Wildman–Crippen MR) is 47.6 cm³/mol. The standard InChI is InChI=1S/C9H8O2S/c1-11-7-2-3-8-6(4-7)5-9(10)12-8/h2-4H,5H2,1H3. The van der Waals surface area contributed by atoms with Gasteiger partial charge in [0.15, 0.2) is 5.12 Å². The molecular weight excluding hydrogens is 172 g/mol. The Morgan fingerprint density at radius 3 is 3.08 bits per heavy atom. The van der Waals surface area contributed by atoms with Crippen molar-refractivity contribution in [2.75, 3.05) is 7.11 Å². The van der Waals surface area contributed by atoms with E-state index in [0.717, 1.165) is 16.2 Å². The third-order valence-corrected chi connectivity index (χ3v) is 2.82. The van der Waals surface area contributed by atoms with Crippen LogP contribution in [0.3, 0.4) is 0 Å². The van der Waals surface area contributed by atoms with Crippen LogP contribution in [0, 0.1) is 0 Å². The third-order valence-electron chi connectivity index (χ3n) is 1.83. The van der Waals surface area contributed by atoms with Crippen LogP contribution in [0.25, 0.3) is 0 Å². The highest BCUT2D eigenvalue weighted by Crippen LogP contribution is 2.34. The van der Waals surface area contributed by atoms with E-state index in [1.54, 1.807) is 7.11 Å². The number of methoxy groups -OCH3 is 1. The summed E-state index contributed by atoms with van der Waals surface area (Å²) >= 11 is 1.32. The molecule has 1 aliphatic rings. The van der Waals surface area contributed by atoms with Gasteiger partial charge >= 0.3 is 0 Å². The molecule has 0 radical (unpaired) electrons. The Hall–Kier alpha value is -0.960. The highest BCUT2D eigenvalue weighted by molar-refractivity contribution is 8.14. The second kappa shape index (κ2) is 2.83. The SMILES string of the molecule is COc1ccc2c(c1)CC(=O)S2. The van der Waals surface area contributed by atoms with Crippen LogP contribution in [-0.4, -0.2) is 12.2 Å². The zero-order chi connectivity index (χ0) is 8.55. The van der Waals surface area contributed by atoms with Crippen molar-refractivity contribution in [3.63, 3.8) is 0 Å². The molecule has 0 bridgehead atoms. The molecule has 0 aromatic heterocycles. The van der Waals surface area contributed by atoms with Gasteiger partial charge in [-0.1, -0.05) is 11.8 Å². The Labute approximate surface area is 74.9 Å². The van der Waals surface area contributed by atoms with Crippen LogP contribution in [0.4, 0.5) is 0 Å². The van der Waals surface area contributed by atoms with Crippen molar-refractivity contribution >= 4 is 16.9 Å². The number of carbonyl (C=O) groups is 1. The zero-order valence-electron chi connectivity index (χ0n) is 6.66. The van der Waals surface area contributed by atoms with Crippen molar-refractivity contribution in [1.29, 1.82) is 0 Å². The summed E-state index contributed by atoms with van der Waals surface area (Å²) in [5, 5.41) is 0.221. The van der Waals surface area contributed by atoms with Crippen molar-refractivity contribution in [3.05, 3.63) is 23.8 Å². The molecule has 1 aromatic carbocycles. The smallest absolute Gasteiger partial charge is 0.198 e. The highest BCUT2D eigenvalue weighted by Gasteiger charge is 2.19. The van der Waals surface area contributed by atoms with Crippen molar-refractivity contribution in [1.82, 2.24) is 0 Å². The molecule has 2 rings (SSSR count). The average Bonchev–Trinajstić information content (AvgIpc) is 2.43. The second-order valence-corrected chi connectivity index (χ2v) is 3.72. The lowest BCUT2D eigenvalue weighted by Gasteiger charge is -2.00. The van der Waals surface area contributed by atoms with Crippen LogP contribution in [0.1, 0.15) is 5.56 Å². The number of rotatable bonds is 1. The molecule has 62 valence electrons. The van der Waals surface area contributed by atoms with E-state index in [1.807, 2.05) is 18.2 Å². The maximum absolute atomic E-state index is 11.0. The lowest BCUT2D eigenvalue weighted by molar-refractivity contribution is -0.110. The molecule has 12 heavy (non-hydrogen) atoms. The summed E-state index contributed by atoms with van der Waals surface area (Å²) in [5.41, 5.74) is 1.09. The number of benzene rings is 1. The Morgan fingerprint density at radius 2 is 2.33 bits per heavy atom. The molecule has 0 spiro atoms. The monoisotopic (exact) mass is 180 g/mol. The Bertz CT molecular complexity index is 333. The Morgan fingerprint density at radius 1 is 1.50 bits per heavy atom. The Kier molecular flexibility index (Phi) is 1.81. The molecule has 3 heteroatoms. The highest BCUT2D eigenvalue weighted by atomic mass is 32.2. The molecule has 0 amide bonds. The minimum absolute atomic E-state index is 0.221. The molecule has 1 aliphatic heterocycles. The number of carbonyl (C=O) groups excluding carboxylic acids is 1. The Balaban J connectivity index is 2.41. The van der Waals surface area contributed by atoms with Gasteiger partial charge in [-0.25, -0.2) is 0 Å². The summed E-state index contributed by atoms with van der Waals surface area (Å²) in [6.07, 6.45) is 0.539. The molecule has 0 unspecified atom stereocenters. The van der Waals surface area contributed by atoms with E-state index in [4.69, 9.17) is 4.74 Å². The minimum Gasteiger partial charge on any atom is -0.497 e. The van der Waals surface area contributed by atoms with Crippen LogP contribution in [0.2, 0.25) is 0 Å². The van der Waals surface area contributed by atoms with Gasteiger partial charge in [-0.3, -0.25) is 4.79 Å². The molecular formula is C9H8O2S. The first-order valence-corrected chi connectivity index (χ1v) is 4.49. The summed E-state index contributed by atoms with van der Waals surface area (Å²) in [7, 11) is 1.63. The van der Waals surface area contributed by atoms with Gasteiger partial charge in [-0.15, -0.1) is 0 Å². The second-order valence-electron chi connectivity index (χ2n) is 2.62. The summed E-state index contributed by atoms with van der Waals surface area (Å²) < 4.78 is 5.05. The van der Waals surface area contributed by atoms with Gasteiger partial charge in [0.25, 0.3) is 0 Å². The number of ether oxygens (including phenoxy) is 1. The van der Waals surface area contributed by atoms with E-state index in [2.05, 4.69) is 0 Å². The molecule has 0 saturated heterocycles. The van der Waals surface area contributed by atoms with E-state index in [9.17, 15) is 4.79 Å². The first kappa shape index (κ1) is 7.68. The summed E-state index contributed by atoms with van der Waals surface area (Å²) in [5.74, 6) is 0.823. The van der Waals surface area contributed by atoms with Gasteiger partial charge in [0.05, 0.1) is 7.11 Å². The number of hydrogen-bond donors (Lipinski definition) is 0. The molecule has 0 aliphatic carbocycles. The van der Waals surface area contributed by atoms with Crippen molar-refractivity contribution in [3.8, 4) is 5.75 Å². The van der Waals surface area contributed by atoms with E-state index < -0.39 is 0 Å². The van der Waals surface area contributed by atoms with Gasteiger partial charge in [0.1, 0.15) is 5.75 Å². The average molecular weight is 180 g/mol. The lowest BCUT2D eigenvalue weighted by atomic mass is 10.2. The molecule has 0 N–H and O–H groups in total.